The molecule has 0 bridgehead atoms. The van der Waals surface area contributed by atoms with Crippen LogP contribution in [0, 0.1) is 5.92 Å². The molecular formula is C20H21NO2. The van der Waals surface area contributed by atoms with Gasteiger partial charge in [0.2, 0.25) is 0 Å². The Bertz CT molecular complexity index is 720. The van der Waals surface area contributed by atoms with E-state index >= 15 is 0 Å². The molecule has 1 N–H and O–H groups in total. The van der Waals surface area contributed by atoms with Gasteiger partial charge in [-0.3, -0.25) is 4.79 Å². The molecule has 0 aromatic heterocycles. The van der Waals surface area contributed by atoms with Gasteiger partial charge in [-0.05, 0) is 17.0 Å². The Hall–Kier alpha value is -2.55. The third kappa shape index (κ3) is 2.87. The molecule has 0 saturated carbocycles. The lowest BCUT2D eigenvalue weighted by molar-refractivity contribution is -0.126. The zero-order valence-corrected chi connectivity index (χ0v) is 13.4. The standard InChI is InChI=1S/C20H21NO2/c1-14(2)18-19(22)17(16-11-7-4-8-12-16)20(23)21(18)13-15-9-5-3-6-10-15/h3-12,14,18,22H,13H2,1-2H3/t18-/m1/s1. The second-order valence-electron chi connectivity index (χ2n) is 6.23. The number of carbonyl (C=O) groups excluding carboxylic acids is 1. The van der Waals surface area contributed by atoms with Crippen molar-refractivity contribution in [1.82, 2.24) is 4.90 Å². The van der Waals surface area contributed by atoms with E-state index in [4.69, 9.17) is 0 Å². The Labute approximate surface area is 136 Å². The van der Waals surface area contributed by atoms with E-state index in [-0.39, 0.29) is 23.6 Å². The average molecular weight is 307 g/mol. The quantitative estimate of drug-likeness (QED) is 0.926. The van der Waals surface area contributed by atoms with Gasteiger partial charge < -0.3 is 10.0 Å². The van der Waals surface area contributed by atoms with Crippen molar-refractivity contribution in [3.8, 4) is 0 Å². The molecule has 2 aromatic carbocycles. The van der Waals surface area contributed by atoms with Crippen molar-refractivity contribution in [3.63, 3.8) is 0 Å². The molecule has 0 spiro atoms. The highest BCUT2D eigenvalue weighted by atomic mass is 16.3. The zero-order chi connectivity index (χ0) is 16.4. The van der Waals surface area contributed by atoms with E-state index in [1.54, 1.807) is 4.90 Å². The van der Waals surface area contributed by atoms with Crippen LogP contribution in [-0.4, -0.2) is 22.0 Å². The topological polar surface area (TPSA) is 40.5 Å². The molecule has 3 nitrogen and oxygen atoms in total. The van der Waals surface area contributed by atoms with Crippen molar-refractivity contribution in [3.05, 3.63) is 77.5 Å². The summed E-state index contributed by atoms with van der Waals surface area (Å²) in [6.45, 7) is 4.56. The van der Waals surface area contributed by atoms with E-state index in [1.807, 2.05) is 74.5 Å². The molecule has 1 heterocycles. The summed E-state index contributed by atoms with van der Waals surface area (Å²) in [6, 6.07) is 19.0. The largest absolute Gasteiger partial charge is 0.509 e. The maximum Gasteiger partial charge on any atom is 0.258 e. The monoisotopic (exact) mass is 307 g/mol. The maximum atomic E-state index is 12.9. The molecule has 0 unspecified atom stereocenters. The molecule has 1 atom stereocenters. The highest BCUT2D eigenvalue weighted by molar-refractivity contribution is 6.22. The van der Waals surface area contributed by atoms with Gasteiger partial charge >= 0.3 is 0 Å². The van der Waals surface area contributed by atoms with Crippen molar-refractivity contribution in [2.45, 2.75) is 26.4 Å². The van der Waals surface area contributed by atoms with Crippen LogP contribution in [0.4, 0.5) is 0 Å². The highest BCUT2D eigenvalue weighted by Gasteiger charge is 2.41. The molecule has 1 amide bonds. The van der Waals surface area contributed by atoms with Gasteiger partial charge in [-0.2, -0.15) is 0 Å². The summed E-state index contributed by atoms with van der Waals surface area (Å²) in [7, 11) is 0. The molecule has 3 heteroatoms. The van der Waals surface area contributed by atoms with Gasteiger partial charge in [-0.1, -0.05) is 74.5 Å². The lowest BCUT2D eigenvalue weighted by atomic mass is 9.99. The molecular weight excluding hydrogens is 286 g/mol. The first-order chi connectivity index (χ1) is 11.1. The minimum absolute atomic E-state index is 0.101. The van der Waals surface area contributed by atoms with Crippen LogP contribution in [-0.2, 0) is 11.3 Å². The SMILES string of the molecule is CC(C)[C@@H]1C(O)=C(c2ccccc2)C(=O)N1Cc1ccccc1. The summed E-state index contributed by atoms with van der Waals surface area (Å²) >= 11 is 0. The van der Waals surface area contributed by atoms with E-state index in [1.165, 1.54) is 0 Å². The normalized spacial score (nSPS) is 18.1. The van der Waals surface area contributed by atoms with E-state index in [0.717, 1.165) is 11.1 Å². The van der Waals surface area contributed by atoms with Gasteiger partial charge in [0.05, 0.1) is 11.6 Å². The van der Waals surface area contributed by atoms with Gasteiger partial charge in [0.25, 0.3) is 5.91 Å². The van der Waals surface area contributed by atoms with Crippen LogP contribution in [0.2, 0.25) is 0 Å². The summed E-state index contributed by atoms with van der Waals surface area (Å²) in [4.78, 5) is 14.7. The van der Waals surface area contributed by atoms with Crippen molar-refractivity contribution < 1.29 is 9.90 Å². The molecule has 0 aliphatic carbocycles. The number of rotatable bonds is 4. The number of aliphatic hydroxyl groups excluding tert-OH is 1. The van der Waals surface area contributed by atoms with Crippen LogP contribution >= 0.6 is 0 Å². The van der Waals surface area contributed by atoms with E-state index in [0.29, 0.717) is 12.1 Å². The minimum atomic E-state index is -0.280. The predicted molar refractivity (Wildman–Crippen MR) is 91.6 cm³/mol. The van der Waals surface area contributed by atoms with Gasteiger partial charge in [-0.25, -0.2) is 0 Å². The Morgan fingerprint density at radius 3 is 2.13 bits per heavy atom. The molecule has 0 radical (unpaired) electrons. The van der Waals surface area contributed by atoms with Gasteiger partial charge in [-0.15, -0.1) is 0 Å². The van der Waals surface area contributed by atoms with E-state index < -0.39 is 0 Å². The van der Waals surface area contributed by atoms with E-state index in [9.17, 15) is 9.90 Å². The number of nitrogens with zero attached hydrogens (tertiary/aromatic N) is 1. The van der Waals surface area contributed by atoms with Gasteiger partial charge in [0.15, 0.2) is 0 Å². The number of hydrogen-bond donors (Lipinski definition) is 1. The summed E-state index contributed by atoms with van der Waals surface area (Å²) in [5.74, 6) is 0.229. The predicted octanol–water partition coefficient (Wildman–Crippen LogP) is 4.02. The fourth-order valence-electron chi connectivity index (χ4n) is 3.18. The Morgan fingerprint density at radius 1 is 1.00 bits per heavy atom. The maximum absolute atomic E-state index is 12.9. The van der Waals surface area contributed by atoms with Gasteiger partial charge in [0.1, 0.15) is 5.76 Å². The van der Waals surface area contributed by atoms with Crippen LogP contribution in [0.5, 0.6) is 0 Å². The first-order valence-electron chi connectivity index (χ1n) is 7.93. The number of hydrogen-bond acceptors (Lipinski definition) is 2. The molecule has 1 aliphatic heterocycles. The third-order valence-electron chi connectivity index (χ3n) is 4.24. The Balaban J connectivity index is 1.98. The second kappa shape index (κ2) is 6.29. The molecule has 2 aromatic rings. The fourth-order valence-corrected chi connectivity index (χ4v) is 3.18. The molecule has 3 rings (SSSR count). The number of amides is 1. The van der Waals surface area contributed by atoms with Crippen LogP contribution in [0.25, 0.3) is 5.57 Å². The van der Waals surface area contributed by atoms with E-state index in [2.05, 4.69) is 0 Å². The summed E-state index contributed by atoms with van der Waals surface area (Å²) in [6.07, 6.45) is 0. The van der Waals surface area contributed by atoms with Crippen molar-refractivity contribution in [1.29, 1.82) is 0 Å². The number of benzene rings is 2. The summed E-state index contributed by atoms with van der Waals surface area (Å²) < 4.78 is 0. The van der Waals surface area contributed by atoms with Crippen molar-refractivity contribution in [2.75, 3.05) is 0 Å². The van der Waals surface area contributed by atoms with Crippen LogP contribution in [0.15, 0.2) is 66.4 Å². The fraction of sp³-hybridized carbons (Fsp3) is 0.250. The lowest BCUT2D eigenvalue weighted by Crippen LogP contribution is -2.38. The summed E-state index contributed by atoms with van der Waals surface area (Å²) in [5, 5.41) is 10.7. The third-order valence-corrected chi connectivity index (χ3v) is 4.24. The molecule has 0 fully saturated rings. The summed E-state index contributed by atoms with van der Waals surface area (Å²) in [5.41, 5.74) is 2.27. The van der Waals surface area contributed by atoms with Gasteiger partial charge in [0, 0.05) is 6.54 Å². The second-order valence-corrected chi connectivity index (χ2v) is 6.23. The highest BCUT2D eigenvalue weighted by Crippen LogP contribution is 2.35. The van der Waals surface area contributed by atoms with Crippen molar-refractivity contribution in [2.24, 2.45) is 5.92 Å². The molecule has 118 valence electrons. The lowest BCUT2D eigenvalue weighted by Gasteiger charge is -2.28. The number of carbonyl (C=O) groups is 1. The Kier molecular flexibility index (Phi) is 4.20. The average Bonchev–Trinajstić information content (AvgIpc) is 2.80. The molecule has 1 aliphatic rings. The first kappa shape index (κ1) is 15.3. The van der Waals surface area contributed by atoms with Crippen LogP contribution in [0.1, 0.15) is 25.0 Å². The minimum Gasteiger partial charge on any atom is -0.509 e. The van der Waals surface area contributed by atoms with Crippen molar-refractivity contribution >= 4 is 11.5 Å². The number of aliphatic hydroxyl groups is 1. The molecule has 0 saturated heterocycles. The first-order valence-corrected chi connectivity index (χ1v) is 7.93. The smallest absolute Gasteiger partial charge is 0.258 e. The molecule has 23 heavy (non-hydrogen) atoms. The van der Waals surface area contributed by atoms with Crippen LogP contribution in [0.3, 0.4) is 0 Å². The van der Waals surface area contributed by atoms with Crippen LogP contribution < -0.4 is 0 Å². The Morgan fingerprint density at radius 2 is 1.57 bits per heavy atom. The zero-order valence-electron chi connectivity index (χ0n) is 13.4.